The van der Waals surface area contributed by atoms with E-state index >= 15 is 0 Å². The highest BCUT2D eigenvalue weighted by Crippen LogP contribution is 2.26. The molecule has 2 aromatic rings. The van der Waals surface area contributed by atoms with Crippen molar-refractivity contribution in [2.45, 2.75) is 6.29 Å². The Hall–Kier alpha value is -2.33. The molecule has 0 amide bonds. The maximum absolute atomic E-state index is 11.9. The number of ketones is 1. The van der Waals surface area contributed by atoms with Crippen molar-refractivity contribution in [2.24, 2.45) is 0 Å². The molecule has 1 N–H and O–H groups in total. The van der Waals surface area contributed by atoms with Crippen molar-refractivity contribution in [3.8, 4) is 11.5 Å². The van der Waals surface area contributed by atoms with E-state index in [0.29, 0.717) is 17.1 Å². The first-order valence-corrected chi connectivity index (χ1v) is 5.79. The number of hydrogen-bond acceptors (Lipinski definition) is 4. The molecule has 0 saturated carbocycles. The monoisotopic (exact) mass is 258 g/mol. The molecule has 0 aliphatic rings. The SMILES string of the molecule is COc1ccccc1OC(O)C(=O)c1ccccc1. The summed E-state index contributed by atoms with van der Waals surface area (Å²) in [5, 5.41) is 9.82. The summed E-state index contributed by atoms with van der Waals surface area (Å²) in [6, 6.07) is 15.3. The summed E-state index contributed by atoms with van der Waals surface area (Å²) in [6.45, 7) is 0. The molecule has 0 heterocycles. The maximum Gasteiger partial charge on any atom is 0.262 e. The van der Waals surface area contributed by atoms with Gasteiger partial charge in [0.15, 0.2) is 11.5 Å². The van der Waals surface area contributed by atoms with E-state index in [9.17, 15) is 9.90 Å². The molecule has 4 heteroatoms. The van der Waals surface area contributed by atoms with Crippen LogP contribution in [0.1, 0.15) is 10.4 Å². The second-order valence-corrected chi connectivity index (χ2v) is 3.85. The third-order valence-corrected chi connectivity index (χ3v) is 2.59. The highest BCUT2D eigenvalue weighted by molar-refractivity contribution is 5.98. The number of benzene rings is 2. The Morgan fingerprint density at radius 2 is 1.58 bits per heavy atom. The molecule has 0 bridgehead atoms. The van der Waals surface area contributed by atoms with Gasteiger partial charge in [-0.1, -0.05) is 42.5 Å². The standard InChI is InChI=1S/C15H14O4/c1-18-12-9-5-6-10-13(12)19-15(17)14(16)11-7-3-2-4-8-11/h2-10,15,17H,1H3. The molecule has 0 spiro atoms. The lowest BCUT2D eigenvalue weighted by atomic mass is 10.1. The lowest BCUT2D eigenvalue weighted by Gasteiger charge is -2.14. The molecule has 1 atom stereocenters. The van der Waals surface area contributed by atoms with Gasteiger partial charge in [-0.2, -0.15) is 0 Å². The van der Waals surface area contributed by atoms with Crippen LogP contribution in [0.15, 0.2) is 54.6 Å². The van der Waals surface area contributed by atoms with Gasteiger partial charge in [0.25, 0.3) is 6.29 Å². The van der Waals surface area contributed by atoms with Crippen molar-refractivity contribution in [1.82, 2.24) is 0 Å². The summed E-state index contributed by atoms with van der Waals surface area (Å²) >= 11 is 0. The second-order valence-electron chi connectivity index (χ2n) is 3.85. The third kappa shape index (κ3) is 3.11. The Balaban J connectivity index is 2.13. The van der Waals surface area contributed by atoms with E-state index < -0.39 is 12.1 Å². The molecule has 4 nitrogen and oxygen atoms in total. The van der Waals surface area contributed by atoms with E-state index in [0.717, 1.165) is 0 Å². The fourth-order valence-electron chi connectivity index (χ4n) is 1.63. The minimum absolute atomic E-state index is 0.321. The van der Waals surface area contributed by atoms with Crippen LogP contribution >= 0.6 is 0 Å². The van der Waals surface area contributed by atoms with Crippen molar-refractivity contribution in [2.75, 3.05) is 7.11 Å². The zero-order valence-corrected chi connectivity index (χ0v) is 10.4. The fraction of sp³-hybridized carbons (Fsp3) is 0.133. The van der Waals surface area contributed by atoms with Gasteiger partial charge >= 0.3 is 0 Å². The number of aliphatic hydroxyl groups is 1. The van der Waals surface area contributed by atoms with Crippen molar-refractivity contribution in [3.63, 3.8) is 0 Å². The van der Waals surface area contributed by atoms with Crippen LogP contribution in [-0.4, -0.2) is 24.3 Å². The zero-order chi connectivity index (χ0) is 13.7. The molecule has 0 saturated heterocycles. The van der Waals surface area contributed by atoms with Gasteiger partial charge in [-0.25, -0.2) is 0 Å². The average molecular weight is 258 g/mol. The lowest BCUT2D eigenvalue weighted by molar-refractivity contribution is -0.00413. The first-order chi connectivity index (χ1) is 9.22. The molecule has 0 aliphatic heterocycles. The van der Waals surface area contributed by atoms with Crippen LogP contribution < -0.4 is 9.47 Å². The number of aliphatic hydroxyl groups excluding tert-OH is 1. The molecule has 0 radical (unpaired) electrons. The second kappa shape index (κ2) is 6.02. The highest BCUT2D eigenvalue weighted by atomic mass is 16.6. The Bertz CT molecular complexity index is 551. The number of hydrogen-bond donors (Lipinski definition) is 1. The first-order valence-electron chi connectivity index (χ1n) is 5.79. The van der Waals surface area contributed by atoms with Gasteiger partial charge in [0.05, 0.1) is 7.11 Å². The Morgan fingerprint density at radius 3 is 2.21 bits per heavy atom. The molecule has 0 aromatic heterocycles. The molecule has 0 fully saturated rings. The van der Waals surface area contributed by atoms with Crippen molar-refractivity contribution in [1.29, 1.82) is 0 Å². The van der Waals surface area contributed by atoms with Gasteiger partial charge < -0.3 is 14.6 Å². The van der Waals surface area contributed by atoms with Gasteiger partial charge in [-0.15, -0.1) is 0 Å². The van der Waals surface area contributed by atoms with E-state index in [1.165, 1.54) is 7.11 Å². The molecule has 0 aliphatic carbocycles. The lowest BCUT2D eigenvalue weighted by Crippen LogP contribution is -2.27. The summed E-state index contributed by atoms with van der Waals surface area (Å²) in [7, 11) is 1.49. The average Bonchev–Trinajstić information content (AvgIpc) is 2.48. The molecule has 2 aromatic carbocycles. The number of rotatable bonds is 5. The topological polar surface area (TPSA) is 55.8 Å². The van der Waals surface area contributed by atoms with Crippen LogP contribution in [0.25, 0.3) is 0 Å². The number of methoxy groups -OCH3 is 1. The summed E-state index contributed by atoms with van der Waals surface area (Å²) in [5.74, 6) is 0.288. The molecular weight excluding hydrogens is 244 g/mol. The largest absolute Gasteiger partial charge is 0.493 e. The quantitative estimate of drug-likeness (QED) is 0.660. The minimum Gasteiger partial charge on any atom is -0.493 e. The van der Waals surface area contributed by atoms with Gasteiger partial charge in [-0.3, -0.25) is 4.79 Å². The van der Waals surface area contributed by atoms with Crippen LogP contribution in [0.3, 0.4) is 0 Å². The van der Waals surface area contributed by atoms with E-state index in [1.54, 1.807) is 54.6 Å². The van der Waals surface area contributed by atoms with Crippen molar-refractivity contribution < 1.29 is 19.4 Å². The number of carbonyl (C=O) groups is 1. The maximum atomic E-state index is 11.9. The van der Waals surface area contributed by atoms with Gasteiger partial charge in [0.1, 0.15) is 0 Å². The summed E-state index contributed by atoms with van der Waals surface area (Å²) in [4.78, 5) is 11.9. The van der Waals surface area contributed by atoms with E-state index in [4.69, 9.17) is 9.47 Å². The minimum atomic E-state index is -1.56. The van der Waals surface area contributed by atoms with E-state index in [2.05, 4.69) is 0 Å². The smallest absolute Gasteiger partial charge is 0.262 e. The number of Topliss-reactive ketones (excluding diaryl/α,β-unsaturated/α-hetero) is 1. The highest BCUT2D eigenvalue weighted by Gasteiger charge is 2.20. The van der Waals surface area contributed by atoms with E-state index in [1.807, 2.05) is 0 Å². The van der Waals surface area contributed by atoms with Crippen LogP contribution in [0.5, 0.6) is 11.5 Å². The molecule has 98 valence electrons. The van der Waals surface area contributed by atoms with Crippen LogP contribution in [0.2, 0.25) is 0 Å². The summed E-state index contributed by atoms with van der Waals surface area (Å²) < 4.78 is 10.3. The predicted molar refractivity (Wildman–Crippen MR) is 70.4 cm³/mol. The fourth-order valence-corrected chi connectivity index (χ4v) is 1.63. The van der Waals surface area contributed by atoms with Gasteiger partial charge in [0, 0.05) is 5.56 Å². The predicted octanol–water partition coefficient (Wildman–Crippen LogP) is 2.28. The Labute approximate surface area is 111 Å². The van der Waals surface area contributed by atoms with Crippen molar-refractivity contribution >= 4 is 5.78 Å². The number of ether oxygens (including phenoxy) is 2. The Morgan fingerprint density at radius 1 is 1.00 bits per heavy atom. The van der Waals surface area contributed by atoms with E-state index in [-0.39, 0.29) is 0 Å². The molecule has 19 heavy (non-hydrogen) atoms. The van der Waals surface area contributed by atoms with Crippen LogP contribution in [-0.2, 0) is 0 Å². The van der Waals surface area contributed by atoms with Gasteiger partial charge in [-0.05, 0) is 12.1 Å². The summed E-state index contributed by atoms with van der Waals surface area (Å²) in [6.07, 6.45) is -1.56. The molecule has 2 rings (SSSR count). The first kappa shape index (κ1) is 13.1. The normalized spacial score (nSPS) is 11.7. The zero-order valence-electron chi connectivity index (χ0n) is 10.4. The Kier molecular flexibility index (Phi) is 4.15. The van der Waals surface area contributed by atoms with Crippen LogP contribution in [0.4, 0.5) is 0 Å². The molecule has 1 unspecified atom stereocenters. The van der Waals surface area contributed by atoms with Crippen LogP contribution in [0, 0.1) is 0 Å². The number of carbonyl (C=O) groups excluding carboxylic acids is 1. The molecular formula is C15H14O4. The number of para-hydroxylation sites is 2. The third-order valence-electron chi connectivity index (χ3n) is 2.59. The van der Waals surface area contributed by atoms with Gasteiger partial charge in [0.2, 0.25) is 5.78 Å². The van der Waals surface area contributed by atoms with Crippen molar-refractivity contribution in [3.05, 3.63) is 60.2 Å². The summed E-state index contributed by atoms with van der Waals surface area (Å²) in [5.41, 5.74) is 0.393.